The minimum absolute atomic E-state index is 0.446. The molecule has 0 radical (unpaired) electrons. The van der Waals surface area contributed by atoms with Gasteiger partial charge in [0.15, 0.2) is 11.5 Å². The predicted molar refractivity (Wildman–Crippen MR) is 94.2 cm³/mol. The van der Waals surface area contributed by atoms with E-state index in [9.17, 15) is 0 Å². The van der Waals surface area contributed by atoms with E-state index in [1.807, 2.05) is 23.0 Å². The molecule has 6 nitrogen and oxygen atoms in total. The molecule has 1 saturated heterocycles. The third-order valence-corrected chi connectivity index (χ3v) is 5.38. The van der Waals surface area contributed by atoms with E-state index in [-0.39, 0.29) is 0 Å². The van der Waals surface area contributed by atoms with Crippen LogP contribution in [0.15, 0.2) is 36.7 Å². The summed E-state index contributed by atoms with van der Waals surface area (Å²) in [5, 5.41) is 13.6. The summed E-state index contributed by atoms with van der Waals surface area (Å²) in [5.41, 5.74) is 3.35. The van der Waals surface area contributed by atoms with Crippen LogP contribution in [-0.4, -0.2) is 42.8 Å². The van der Waals surface area contributed by atoms with Crippen molar-refractivity contribution in [3.63, 3.8) is 0 Å². The quantitative estimate of drug-likeness (QED) is 0.734. The monoisotopic (exact) mass is 334 g/mol. The lowest BCUT2D eigenvalue weighted by Crippen LogP contribution is -2.33. The van der Waals surface area contributed by atoms with Gasteiger partial charge < -0.3 is 0 Å². The normalized spacial score (nSPS) is 19.5. The Morgan fingerprint density at radius 2 is 1.84 bits per heavy atom. The van der Waals surface area contributed by atoms with Crippen molar-refractivity contribution in [3.05, 3.63) is 53.7 Å². The third-order valence-electron chi connectivity index (χ3n) is 5.38. The molecule has 0 spiro atoms. The third kappa shape index (κ3) is 3.02. The number of hydrogen-bond acceptors (Lipinski definition) is 5. The number of piperidine rings is 1. The van der Waals surface area contributed by atoms with Crippen molar-refractivity contribution < 1.29 is 0 Å². The Labute approximate surface area is 146 Å². The first kappa shape index (κ1) is 15.0. The molecule has 1 saturated carbocycles. The van der Waals surface area contributed by atoms with E-state index in [1.54, 1.807) is 0 Å². The molecule has 1 aliphatic carbocycles. The molecule has 4 heterocycles. The van der Waals surface area contributed by atoms with Crippen LogP contribution in [0.25, 0.3) is 5.65 Å². The standard InChI is InChI=1S/C19H22N6/c1-2-14(12-20-9-1)13-24-10-7-16(8-11-24)19-22-21-18-6-5-17(15-3-4-15)23-25(18)19/h1-2,5-6,9,12,15-16H,3-4,7-8,10-11,13H2. The van der Waals surface area contributed by atoms with Gasteiger partial charge in [0, 0.05) is 30.8 Å². The molecule has 5 rings (SSSR count). The van der Waals surface area contributed by atoms with Crippen LogP contribution in [0.5, 0.6) is 0 Å². The van der Waals surface area contributed by atoms with E-state index in [2.05, 4.69) is 38.3 Å². The molecule has 0 aromatic carbocycles. The Kier molecular flexibility index (Phi) is 3.70. The molecule has 0 N–H and O–H groups in total. The fourth-order valence-corrected chi connectivity index (χ4v) is 3.77. The molecule has 0 amide bonds. The van der Waals surface area contributed by atoms with Crippen molar-refractivity contribution in [2.24, 2.45) is 0 Å². The Morgan fingerprint density at radius 3 is 2.60 bits per heavy atom. The second-order valence-corrected chi connectivity index (χ2v) is 7.27. The van der Waals surface area contributed by atoms with Gasteiger partial charge in [-0.25, -0.2) is 0 Å². The first-order chi connectivity index (χ1) is 12.4. The van der Waals surface area contributed by atoms with Crippen LogP contribution in [0.3, 0.4) is 0 Å². The zero-order valence-corrected chi connectivity index (χ0v) is 14.3. The Morgan fingerprint density at radius 1 is 0.960 bits per heavy atom. The van der Waals surface area contributed by atoms with Crippen molar-refractivity contribution in [3.8, 4) is 0 Å². The number of likely N-dealkylation sites (tertiary alicyclic amines) is 1. The summed E-state index contributed by atoms with van der Waals surface area (Å²) in [6, 6.07) is 8.33. The van der Waals surface area contributed by atoms with E-state index in [4.69, 9.17) is 5.10 Å². The van der Waals surface area contributed by atoms with Gasteiger partial charge in [-0.1, -0.05) is 6.07 Å². The average molecular weight is 334 g/mol. The van der Waals surface area contributed by atoms with Crippen molar-refractivity contribution in [1.29, 1.82) is 0 Å². The maximum Gasteiger partial charge on any atom is 0.177 e. The van der Waals surface area contributed by atoms with E-state index in [1.165, 1.54) is 24.1 Å². The van der Waals surface area contributed by atoms with Crippen molar-refractivity contribution in [1.82, 2.24) is 29.7 Å². The number of nitrogens with zero attached hydrogens (tertiary/aromatic N) is 6. The second-order valence-electron chi connectivity index (χ2n) is 7.27. The molecule has 0 atom stereocenters. The average Bonchev–Trinajstić information content (AvgIpc) is 3.43. The van der Waals surface area contributed by atoms with Crippen LogP contribution in [-0.2, 0) is 6.54 Å². The number of hydrogen-bond donors (Lipinski definition) is 0. The summed E-state index contributed by atoms with van der Waals surface area (Å²) in [6.45, 7) is 3.14. The molecule has 2 fully saturated rings. The van der Waals surface area contributed by atoms with E-state index >= 15 is 0 Å². The summed E-state index contributed by atoms with van der Waals surface area (Å²) >= 11 is 0. The van der Waals surface area contributed by atoms with Gasteiger partial charge in [-0.15, -0.1) is 10.2 Å². The van der Waals surface area contributed by atoms with Crippen molar-refractivity contribution >= 4 is 5.65 Å². The molecule has 2 aliphatic rings. The maximum atomic E-state index is 4.83. The highest BCUT2D eigenvalue weighted by Gasteiger charge is 2.28. The Bertz CT molecular complexity index is 862. The van der Waals surface area contributed by atoms with Gasteiger partial charge in [0.2, 0.25) is 0 Å². The van der Waals surface area contributed by atoms with Gasteiger partial charge in [-0.05, 0) is 62.5 Å². The number of fused-ring (bicyclic) bond motifs is 1. The van der Waals surface area contributed by atoms with E-state index in [0.717, 1.165) is 43.9 Å². The van der Waals surface area contributed by atoms with Gasteiger partial charge >= 0.3 is 0 Å². The maximum absolute atomic E-state index is 4.83. The molecule has 0 bridgehead atoms. The molecular formula is C19H22N6. The Balaban J connectivity index is 1.30. The minimum Gasteiger partial charge on any atom is -0.299 e. The van der Waals surface area contributed by atoms with E-state index in [0.29, 0.717) is 11.8 Å². The van der Waals surface area contributed by atoms with Crippen molar-refractivity contribution in [2.75, 3.05) is 13.1 Å². The van der Waals surface area contributed by atoms with E-state index < -0.39 is 0 Å². The molecule has 3 aromatic rings. The van der Waals surface area contributed by atoms with Gasteiger partial charge in [-0.3, -0.25) is 9.88 Å². The summed E-state index contributed by atoms with van der Waals surface area (Å²) in [6.07, 6.45) is 8.54. The lowest BCUT2D eigenvalue weighted by Gasteiger charge is -2.30. The van der Waals surface area contributed by atoms with Crippen molar-refractivity contribution in [2.45, 2.75) is 44.1 Å². The first-order valence-corrected chi connectivity index (χ1v) is 9.20. The Hall–Kier alpha value is -2.34. The van der Waals surface area contributed by atoms with Crippen LogP contribution < -0.4 is 0 Å². The summed E-state index contributed by atoms with van der Waals surface area (Å²) in [5.74, 6) is 2.14. The number of rotatable bonds is 4. The predicted octanol–water partition coefficient (Wildman–Crippen LogP) is 2.78. The lowest BCUT2D eigenvalue weighted by atomic mass is 9.96. The first-order valence-electron chi connectivity index (χ1n) is 9.20. The smallest absolute Gasteiger partial charge is 0.177 e. The highest BCUT2D eigenvalue weighted by molar-refractivity contribution is 5.38. The topological polar surface area (TPSA) is 59.2 Å². The zero-order chi connectivity index (χ0) is 16.6. The summed E-state index contributed by atoms with van der Waals surface area (Å²) < 4.78 is 2.00. The fourth-order valence-electron chi connectivity index (χ4n) is 3.77. The minimum atomic E-state index is 0.446. The van der Waals surface area contributed by atoms with Crippen LogP contribution in [0.1, 0.15) is 54.6 Å². The van der Waals surface area contributed by atoms with Gasteiger partial charge in [0.25, 0.3) is 0 Å². The molecule has 128 valence electrons. The summed E-state index contributed by atoms with van der Waals surface area (Å²) in [7, 11) is 0. The molecular weight excluding hydrogens is 312 g/mol. The molecule has 1 aliphatic heterocycles. The molecule has 3 aromatic heterocycles. The number of pyridine rings is 1. The van der Waals surface area contributed by atoms with Gasteiger partial charge in [0.1, 0.15) is 0 Å². The lowest BCUT2D eigenvalue weighted by molar-refractivity contribution is 0.200. The molecule has 6 heteroatoms. The van der Waals surface area contributed by atoms with Crippen LogP contribution in [0.2, 0.25) is 0 Å². The van der Waals surface area contributed by atoms with Gasteiger partial charge in [0.05, 0.1) is 5.69 Å². The summed E-state index contributed by atoms with van der Waals surface area (Å²) in [4.78, 5) is 6.71. The van der Waals surface area contributed by atoms with Crippen LogP contribution in [0.4, 0.5) is 0 Å². The molecule has 0 unspecified atom stereocenters. The zero-order valence-electron chi connectivity index (χ0n) is 14.3. The highest BCUT2D eigenvalue weighted by Crippen LogP contribution is 2.39. The largest absolute Gasteiger partial charge is 0.299 e. The highest BCUT2D eigenvalue weighted by atomic mass is 15.4. The van der Waals surface area contributed by atoms with Crippen LogP contribution >= 0.6 is 0 Å². The second kappa shape index (κ2) is 6.19. The fraction of sp³-hybridized carbons (Fsp3) is 0.474. The van der Waals surface area contributed by atoms with Crippen LogP contribution in [0, 0.1) is 0 Å². The SMILES string of the molecule is c1cncc(CN2CCC(c3nnc4ccc(C5CC5)nn34)CC2)c1. The number of aromatic nitrogens is 5. The molecule has 25 heavy (non-hydrogen) atoms. The van der Waals surface area contributed by atoms with Gasteiger partial charge in [-0.2, -0.15) is 9.61 Å².